The van der Waals surface area contributed by atoms with Gasteiger partial charge in [0.2, 0.25) is 0 Å². The van der Waals surface area contributed by atoms with Crippen molar-refractivity contribution in [3.63, 3.8) is 0 Å². The number of rotatable bonds is 7. The van der Waals surface area contributed by atoms with E-state index >= 15 is 0 Å². The summed E-state index contributed by atoms with van der Waals surface area (Å²) in [5, 5.41) is 5.03. The van der Waals surface area contributed by atoms with E-state index < -0.39 is 0 Å². The van der Waals surface area contributed by atoms with Gasteiger partial charge in [-0.25, -0.2) is 0 Å². The largest absolute Gasteiger partial charge is 0.314 e. The van der Waals surface area contributed by atoms with Crippen molar-refractivity contribution >= 4 is 49.5 Å². The third-order valence-electron chi connectivity index (χ3n) is 10.9. The molecule has 0 saturated heterocycles. The Balaban J connectivity index is 1.13. The SMILES string of the molecule is C1=C(c2ccccc2)CCC(N(c2ccc(-n3c4ccccc4c4ccccc43)cc2)c2ccc(-c3ccccc3)c(-c3ccc4ccccc4c3)c2)=C1. The van der Waals surface area contributed by atoms with E-state index in [4.69, 9.17) is 0 Å². The smallest absolute Gasteiger partial charge is 0.0541 e. The minimum atomic E-state index is 0.932. The highest BCUT2D eigenvalue weighted by Gasteiger charge is 2.21. The van der Waals surface area contributed by atoms with Gasteiger partial charge in [-0.15, -0.1) is 0 Å². The van der Waals surface area contributed by atoms with E-state index in [1.165, 1.54) is 71.7 Å². The minimum absolute atomic E-state index is 0.932. The number of hydrogen-bond acceptors (Lipinski definition) is 1. The fourth-order valence-corrected chi connectivity index (χ4v) is 8.27. The molecule has 0 bridgehead atoms. The van der Waals surface area contributed by atoms with Crippen LogP contribution in [0.15, 0.2) is 212 Å². The van der Waals surface area contributed by atoms with Crippen molar-refractivity contribution in [3.05, 3.63) is 218 Å². The first-order chi connectivity index (χ1) is 26.8. The lowest BCUT2D eigenvalue weighted by molar-refractivity contribution is 0.930. The first kappa shape index (κ1) is 31.8. The molecular weight excluding hydrogens is 653 g/mol. The van der Waals surface area contributed by atoms with E-state index in [1.54, 1.807) is 0 Å². The van der Waals surface area contributed by atoms with Crippen LogP contribution in [0.4, 0.5) is 11.4 Å². The van der Waals surface area contributed by atoms with Crippen molar-refractivity contribution in [2.75, 3.05) is 4.90 Å². The summed E-state index contributed by atoms with van der Waals surface area (Å²) in [5.41, 5.74) is 14.7. The molecular formula is C52H38N2. The van der Waals surface area contributed by atoms with Gasteiger partial charge in [0.1, 0.15) is 0 Å². The quantitative estimate of drug-likeness (QED) is 0.162. The Morgan fingerprint density at radius 2 is 1.00 bits per heavy atom. The van der Waals surface area contributed by atoms with E-state index in [2.05, 4.69) is 216 Å². The maximum Gasteiger partial charge on any atom is 0.0541 e. The van der Waals surface area contributed by atoms with E-state index in [1.807, 2.05) is 0 Å². The fraction of sp³-hybridized carbons (Fsp3) is 0.0385. The van der Waals surface area contributed by atoms with Crippen LogP contribution < -0.4 is 4.90 Å². The molecule has 0 saturated carbocycles. The Morgan fingerprint density at radius 1 is 0.389 bits per heavy atom. The first-order valence-electron chi connectivity index (χ1n) is 18.8. The monoisotopic (exact) mass is 690 g/mol. The van der Waals surface area contributed by atoms with E-state index in [-0.39, 0.29) is 0 Å². The molecule has 0 unspecified atom stereocenters. The van der Waals surface area contributed by atoms with Crippen LogP contribution in [0, 0.1) is 0 Å². The van der Waals surface area contributed by atoms with Crippen LogP contribution in [0.1, 0.15) is 18.4 Å². The van der Waals surface area contributed by atoms with Crippen molar-refractivity contribution in [1.29, 1.82) is 0 Å². The molecule has 1 aliphatic rings. The molecule has 2 heteroatoms. The van der Waals surface area contributed by atoms with Gasteiger partial charge in [-0.2, -0.15) is 0 Å². The molecule has 10 rings (SSSR count). The summed E-state index contributed by atoms with van der Waals surface area (Å²) in [4.78, 5) is 2.47. The fourth-order valence-electron chi connectivity index (χ4n) is 8.27. The summed E-state index contributed by atoms with van der Waals surface area (Å²) < 4.78 is 2.39. The van der Waals surface area contributed by atoms with Crippen molar-refractivity contribution in [3.8, 4) is 27.9 Å². The van der Waals surface area contributed by atoms with Gasteiger partial charge >= 0.3 is 0 Å². The Labute approximate surface area is 316 Å². The number of benzene rings is 8. The van der Waals surface area contributed by atoms with Gasteiger partial charge in [-0.3, -0.25) is 0 Å². The van der Waals surface area contributed by atoms with Gasteiger partial charge in [0.25, 0.3) is 0 Å². The number of hydrogen-bond donors (Lipinski definition) is 0. The Hall–Kier alpha value is -6.90. The maximum atomic E-state index is 2.47. The molecule has 0 fully saturated rings. The number of allylic oxidation sites excluding steroid dienone is 4. The molecule has 0 aliphatic heterocycles. The Bertz CT molecular complexity index is 2810. The summed E-state index contributed by atoms with van der Waals surface area (Å²) in [6.45, 7) is 0. The zero-order valence-corrected chi connectivity index (χ0v) is 29.9. The summed E-state index contributed by atoms with van der Waals surface area (Å²) in [5.74, 6) is 0. The second kappa shape index (κ2) is 13.6. The molecule has 1 heterocycles. The number of anilines is 2. The van der Waals surface area contributed by atoms with Crippen LogP contribution in [-0.2, 0) is 0 Å². The number of para-hydroxylation sites is 2. The highest BCUT2D eigenvalue weighted by atomic mass is 15.1. The highest BCUT2D eigenvalue weighted by molar-refractivity contribution is 6.09. The molecule has 0 spiro atoms. The topological polar surface area (TPSA) is 8.17 Å². The molecule has 0 radical (unpaired) electrons. The lowest BCUT2D eigenvalue weighted by Gasteiger charge is -2.31. The van der Waals surface area contributed by atoms with Gasteiger partial charge in [-0.1, -0.05) is 146 Å². The molecule has 0 atom stereocenters. The zero-order chi connectivity index (χ0) is 35.8. The van der Waals surface area contributed by atoms with Crippen molar-refractivity contribution in [2.24, 2.45) is 0 Å². The van der Waals surface area contributed by atoms with Crippen LogP contribution >= 0.6 is 0 Å². The van der Waals surface area contributed by atoms with E-state index in [0.29, 0.717) is 0 Å². The van der Waals surface area contributed by atoms with Crippen molar-refractivity contribution in [1.82, 2.24) is 4.57 Å². The van der Waals surface area contributed by atoms with E-state index in [0.717, 1.165) is 29.9 Å². The lowest BCUT2D eigenvalue weighted by atomic mass is 9.91. The normalized spacial score (nSPS) is 12.9. The first-order valence-corrected chi connectivity index (χ1v) is 18.8. The number of aromatic nitrogens is 1. The highest BCUT2D eigenvalue weighted by Crippen LogP contribution is 2.42. The second-order valence-corrected chi connectivity index (χ2v) is 14.1. The molecule has 8 aromatic carbocycles. The Morgan fingerprint density at radius 3 is 1.69 bits per heavy atom. The molecule has 2 nitrogen and oxygen atoms in total. The summed E-state index contributed by atoms with van der Waals surface area (Å²) in [6, 6.07) is 70.6. The number of fused-ring (bicyclic) bond motifs is 4. The van der Waals surface area contributed by atoms with Crippen LogP contribution in [0.25, 0.3) is 66.1 Å². The molecule has 1 aromatic heterocycles. The third kappa shape index (κ3) is 5.70. The lowest BCUT2D eigenvalue weighted by Crippen LogP contribution is -2.18. The van der Waals surface area contributed by atoms with Gasteiger partial charge in [-0.05, 0) is 118 Å². The third-order valence-corrected chi connectivity index (χ3v) is 10.9. The van der Waals surface area contributed by atoms with Crippen LogP contribution in [0.5, 0.6) is 0 Å². The van der Waals surface area contributed by atoms with Gasteiger partial charge < -0.3 is 9.47 Å². The maximum absolute atomic E-state index is 2.47. The van der Waals surface area contributed by atoms with E-state index in [9.17, 15) is 0 Å². The molecule has 1 aliphatic carbocycles. The van der Waals surface area contributed by atoms with Crippen LogP contribution in [0.2, 0.25) is 0 Å². The van der Waals surface area contributed by atoms with Crippen LogP contribution in [-0.4, -0.2) is 4.57 Å². The van der Waals surface area contributed by atoms with Gasteiger partial charge in [0.05, 0.1) is 11.0 Å². The summed E-state index contributed by atoms with van der Waals surface area (Å²) >= 11 is 0. The molecule has 54 heavy (non-hydrogen) atoms. The van der Waals surface area contributed by atoms with Gasteiger partial charge in [0, 0.05) is 33.5 Å². The summed E-state index contributed by atoms with van der Waals surface area (Å²) in [6.07, 6.45) is 6.55. The summed E-state index contributed by atoms with van der Waals surface area (Å²) in [7, 11) is 0. The molecule has 0 N–H and O–H groups in total. The Kier molecular flexibility index (Phi) is 8.00. The number of nitrogens with zero attached hydrogens (tertiary/aromatic N) is 2. The standard InChI is InChI=1S/C52H38N2/c1-3-13-37(14-4-1)39-25-27-43(28-26-39)53(44-29-31-45(32-30-44)54-51-21-11-9-19-48(51)49-20-10-12-22-52(49)54)46-33-34-47(40-16-5-2-6-17-40)50(36-46)42-24-23-38-15-7-8-18-41(38)35-42/h1-25,27,29-36H,26,28H2. The minimum Gasteiger partial charge on any atom is -0.314 e. The second-order valence-electron chi connectivity index (χ2n) is 14.1. The molecule has 0 amide bonds. The zero-order valence-electron chi connectivity index (χ0n) is 29.9. The van der Waals surface area contributed by atoms with Crippen LogP contribution in [0.3, 0.4) is 0 Å². The molecule has 9 aromatic rings. The van der Waals surface area contributed by atoms with Crippen molar-refractivity contribution < 1.29 is 0 Å². The predicted octanol–water partition coefficient (Wildman–Crippen LogP) is 14.2. The van der Waals surface area contributed by atoms with Gasteiger partial charge in [0.15, 0.2) is 0 Å². The van der Waals surface area contributed by atoms with Crippen molar-refractivity contribution in [2.45, 2.75) is 12.8 Å². The predicted molar refractivity (Wildman–Crippen MR) is 229 cm³/mol. The molecule has 256 valence electrons. The average molecular weight is 691 g/mol. The average Bonchev–Trinajstić information content (AvgIpc) is 3.59.